The van der Waals surface area contributed by atoms with Gasteiger partial charge in [0.05, 0.1) is 0 Å². The van der Waals surface area contributed by atoms with Crippen molar-refractivity contribution in [2.75, 3.05) is 16.8 Å². The Hall–Kier alpha value is -3.03. The van der Waals surface area contributed by atoms with E-state index in [1.165, 1.54) is 0 Å². The van der Waals surface area contributed by atoms with Crippen LogP contribution < -0.4 is 15.5 Å². The van der Waals surface area contributed by atoms with E-state index >= 15 is 0 Å². The molecular weight excluding hydrogens is 474 g/mol. The Kier molecular flexibility index (Phi) is 7.55. The molecule has 3 aromatic carbocycles. The summed E-state index contributed by atoms with van der Waals surface area (Å²) in [6, 6.07) is 21.9. The van der Waals surface area contributed by atoms with Gasteiger partial charge in [0.15, 0.2) is 5.11 Å². The number of hydrogen-bond acceptors (Lipinski definition) is 3. The number of para-hydroxylation sites is 1. The molecule has 0 atom stereocenters. The highest BCUT2D eigenvalue weighted by atomic mass is 79.9. The zero-order valence-electron chi connectivity index (χ0n) is 17.2. The van der Waals surface area contributed by atoms with Crippen LogP contribution in [0.4, 0.5) is 11.4 Å². The van der Waals surface area contributed by atoms with Gasteiger partial charge in [-0.1, -0.05) is 40.2 Å². The molecule has 31 heavy (non-hydrogen) atoms. The van der Waals surface area contributed by atoms with Gasteiger partial charge in [-0.25, -0.2) is 0 Å². The third-order valence-electron chi connectivity index (χ3n) is 4.68. The molecule has 0 aromatic heterocycles. The summed E-state index contributed by atoms with van der Waals surface area (Å²) >= 11 is 8.67. The molecule has 0 radical (unpaired) electrons. The first-order chi connectivity index (χ1) is 14.9. The van der Waals surface area contributed by atoms with Crippen molar-refractivity contribution in [2.45, 2.75) is 13.8 Å². The maximum atomic E-state index is 12.9. The molecule has 2 amide bonds. The van der Waals surface area contributed by atoms with Crippen molar-refractivity contribution in [3.05, 3.63) is 94.0 Å². The molecule has 0 saturated carbocycles. The summed E-state index contributed by atoms with van der Waals surface area (Å²) in [5.41, 5.74) is 3.64. The van der Waals surface area contributed by atoms with Gasteiger partial charge >= 0.3 is 0 Å². The van der Waals surface area contributed by atoms with Gasteiger partial charge in [0.25, 0.3) is 11.8 Å². The topological polar surface area (TPSA) is 61.4 Å². The maximum absolute atomic E-state index is 12.9. The molecule has 0 unspecified atom stereocenters. The molecule has 2 N–H and O–H groups in total. The van der Waals surface area contributed by atoms with E-state index < -0.39 is 0 Å². The Morgan fingerprint density at radius 2 is 1.61 bits per heavy atom. The molecule has 0 saturated heterocycles. The number of amides is 2. The van der Waals surface area contributed by atoms with Crippen LogP contribution in [0.15, 0.2) is 77.3 Å². The number of halogens is 1. The number of nitrogens with one attached hydrogen (secondary N) is 2. The molecule has 0 aliphatic heterocycles. The van der Waals surface area contributed by atoms with Crippen molar-refractivity contribution in [1.82, 2.24) is 5.32 Å². The van der Waals surface area contributed by atoms with Gasteiger partial charge in [0.1, 0.15) is 0 Å². The molecule has 0 heterocycles. The van der Waals surface area contributed by atoms with E-state index in [4.69, 9.17) is 12.2 Å². The Morgan fingerprint density at radius 1 is 0.968 bits per heavy atom. The lowest BCUT2D eigenvalue weighted by molar-refractivity contribution is 0.0973. The number of anilines is 2. The highest BCUT2D eigenvalue weighted by molar-refractivity contribution is 9.10. The van der Waals surface area contributed by atoms with Crippen LogP contribution >= 0.6 is 28.1 Å². The Balaban J connectivity index is 1.63. The van der Waals surface area contributed by atoms with Gasteiger partial charge in [-0.2, -0.15) is 0 Å². The first-order valence-electron chi connectivity index (χ1n) is 9.74. The number of carbonyl (C=O) groups excluding carboxylic acids is 2. The molecular formula is C24H22BrN3O2S. The molecule has 3 rings (SSSR count). The van der Waals surface area contributed by atoms with Gasteiger partial charge in [-0.3, -0.25) is 14.9 Å². The average molecular weight is 496 g/mol. The van der Waals surface area contributed by atoms with E-state index in [9.17, 15) is 9.59 Å². The van der Waals surface area contributed by atoms with Crippen LogP contribution in [0.5, 0.6) is 0 Å². The fourth-order valence-electron chi connectivity index (χ4n) is 2.98. The fraction of sp³-hybridized carbons (Fsp3) is 0.125. The smallest absolute Gasteiger partial charge is 0.258 e. The Morgan fingerprint density at radius 3 is 2.23 bits per heavy atom. The average Bonchev–Trinajstić information content (AvgIpc) is 2.77. The number of carbonyl (C=O) groups is 2. The van der Waals surface area contributed by atoms with E-state index in [2.05, 4.69) is 26.6 Å². The van der Waals surface area contributed by atoms with Crippen molar-refractivity contribution >= 4 is 56.4 Å². The number of thiocarbonyl (C=S) groups is 1. The van der Waals surface area contributed by atoms with Gasteiger partial charge in [0.2, 0.25) is 0 Å². The Labute approximate surface area is 195 Å². The van der Waals surface area contributed by atoms with Crippen molar-refractivity contribution in [3.8, 4) is 0 Å². The third-order valence-corrected chi connectivity index (χ3v) is 5.74. The van der Waals surface area contributed by atoms with Crippen molar-refractivity contribution in [1.29, 1.82) is 0 Å². The standard InChI is InChI=1S/C24H22BrN3O2S/c1-3-28(20-7-5-4-6-8-20)23(30)17-11-13-19(14-12-17)26-24(31)27-22(29)18-10-9-16(2)21(25)15-18/h4-15H,3H2,1-2H3,(H2,26,27,29,31). The van der Waals surface area contributed by atoms with Crippen LogP contribution in [-0.2, 0) is 0 Å². The van der Waals surface area contributed by atoms with Crippen molar-refractivity contribution < 1.29 is 9.59 Å². The zero-order chi connectivity index (χ0) is 22.4. The highest BCUT2D eigenvalue weighted by Gasteiger charge is 2.16. The lowest BCUT2D eigenvalue weighted by atomic mass is 10.1. The second-order valence-corrected chi connectivity index (χ2v) is 8.10. The molecule has 5 nitrogen and oxygen atoms in total. The minimum Gasteiger partial charge on any atom is -0.332 e. The van der Waals surface area contributed by atoms with E-state index in [0.717, 1.165) is 15.7 Å². The lowest BCUT2D eigenvalue weighted by Crippen LogP contribution is -2.34. The first kappa shape index (κ1) is 22.7. The summed E-state index contributed by atoms with van der Waals surface area (Å²) in [5.74, 6) is -0.382. The zero-order valence-corrected chi connectivity index (χ0v) is 19.6. The monoisotopic (exact) mass is 495 g/mol. The van der Waals surface area contributed by atoms with Crippen LogP contribution in [0.25, 0.3) is 0 Å². The molecule has 0 fully saturated rings. The summed E-state index contributed by atoms with van der Waals surface area (Å²) in [7, 11) is 0. The minimum atomic E-state index is -0.300. The molecule has 0 aliphatic rings. The minimum absolute atomic E-state index is 0.0823. The number of rotatable bonds is 5. The fourth-order valence-corrected chi connectivity index (χ4v) is 3.56. The summed E-state index contributed by atoms with van der Waals surface area (Å²) in [4.78, 5) is 27.0. The Bertz CT molecular complexity index is 1100. The molecule has 0 bridgehead atoms. The van der Waals surface area contributed by atoms with Crippen molar-refractivity contribution in [3.63, 3.8) is 0 Å². The van der Waals surface area contributed by atoms with E-state index in [1.807, 2.05) is 50.2 Å². The molecule has 0 spiro atoms. The largest absolute Gasteiger partial charge is 0.332 e. The SMILES string of the molecule is CCN(C(=O)c1ccc(NC(=S)NC(=O)c2ccc(C)c(Br)c2)cc1)c1ccccc1. The van der Waals surface area contributed by atoms with Gasteiger partial charge < -0.3 is 10.2 Å². The molecule has 0 aliphatic carbocycles. The second kappa shape index (κ2) is 10.3. The van der Waals surface area contributed by atoms with E-state index in [1.54, 1.807) is 41.3 Å². The van der Waals surface area contributed by atoms with Crippen LogP contribution in [0, 0.1) is 6.92 Å². The lowest BCUT2D eigenvalue weighted by Gasteiger charge is -2.21. The molecule has 158 valence electrons. The normalized spacial score (nSPS) is 10.3. The molecule has 3 aromatic rings. The maximum Gasteiger partial charge on any atom is 0.258 e. The quantitative estimate of drug-likeness (QED) is 0.455. The summed E-state index contributed by atoms with van der Waals surface area (Å²) < 4.78 is 0.857. The van der Waals surface area contributed by atoms with Crippen LogP contribution in [-0.4, -0.2) is 23.5 Å². The van der Waals surface area contributed by atoms with E-state index in [-0.39, 0.29) is 16.9 Å². The van der Waals surface area contributed by atoms with Gasteiger partial charge in [-0.15, -0.1) is 0 Å². The first-order valence-corrected chi connectivity index (χ1v) is 10.9. The van der Waals surface area contributed by atoms with Crippen LogP contribution in [0.2, 0.25) is 0 Å². The number of nitrogens with zero attached hydrogens (tertiary/aromatic N) is 1. The number of aryl methyl sites for hydroxylation is 1. The summed E-state index contributed by atoms with van der Waals surface area (Å²) in [6.07, 6.45) is 0. The second-order valence-electron chi connectivity index (χ2n) is 6.83. The molecule has 7 heteroatoms. The number of benzene rings is 3. The van der Waals surface area contributed by atoms with Crippen molar-refractivity contribution in [2.24, 2.45) is 0 Å². The third kappa shape index (κ3) is 5.77. The predicted octanol–water partition coefficient (Wildman–Crippen LogP) is 5.55. The number of hydrogen-bond donors (Lipinski definition) is 2. The van der Waals surface area contributed by atoms with Crippen LogP contribution in [0.1, 0.15) is 33.2 Å². The predicted molar refractivity (Wildman–Crippen MR) is 133 cm³/mol. The van der Waals surface area contributed by atoms with E-state index in [0.29, 0.717) is 23.4 Å². The van der Waals surface area contributed by atoms with Crippen LogP contribution in [0.3, 0.4) is 0 Å². The van der Waals surface area contributed by atoms with Gasteiger partial charge in [-0.05, 0) is 80.2 Å². The summed E-state index contributed by atoms with van der Waals surface area (Å²) in [6.45, 7) is 4.45. The summed E-state index contributed by atoms with van der Waals surface area (Å²) in [5, 5.41) is 5.82. The highest BCUT2D eigenvalue weighted by Crippen LogP contribution is 2.19. The van der Waals surface area contributed by atoms with Gasteiger partial charge in [0, 0.05) is 33.5 Å².